The van der Waals surface area contributed by atoms with E-state index in [9.17, 15) is 4.79 Å². The van der Waals surface area contributed by atoms with Gasteiger partial charge in [-0.05, 0) is 41.5 Å². The number of hydrogen-bond acceptors (Lipinski definition) is 4. The maximum Gasteiger partial charge on any atom is 0.348 e. The maximum absolute atomic E-state index is 11.4. The van der Waals surface area contributed by atoms with E-state index in [-0.39, 0.29) is 0 Å². The fourth-order valence-electron chi connectivity index (χ4n) is 0.730. The first-order valence-electron chi connectivity index (χ1n) is 4.82. The van der Waals surface area contributed by atoms with Gasteiger partial charge in [0.25, 0.3) is 0 Å². The Hall–Kier alpha value is -0.850. The van der Waals surface area contributed by atoms with Gasteiger partial charge in [0.1, 0.15) is 0 Å². The van der Waals surface area contributed by atoms with Crippen molar-refractivity contribution < 1.29 is 9.63 Å². The Bertz CT molecular complexity index is 217. The second-order valence-corrected chi connectivity index (χ2v) is 5.26. The lowest BCUT2D eigenvalue weighted by Crippen LogP contribution is -2.59. The summed E-state index contributed by atoms with van der Waals surface area (Å²) >= 11 is 0. The van der Waals surface area contributed by atoms with Crippen LogP contribution >= 0.6 is 0 Å². The van der Waals surface area contributed by atoms with Gasteiger partial charge in [-0.2, -0.15) is 0 Å². The van der Waals surface area contributed by atoms with Crippen LogP contribution in [0.1, 0.15) is 41.5 Å². The Labute approximate surface area is 91.0 Å². The predicted octanol–water partition coefficient (Wildman–Crippen LogP) is 0.905. The molecule has 4 N–H and O–H groups in total. The van der Waals surface area contributed by atoms with Crippen LogP contribution in [0.3, 0.4) is 0 Å². The van der Waals surface area contributed by atoms with Crippen molar-refractivity contribution in [1.29, 1.82) is 0 Å². The molecule has 0 aliphatic carbocycles. The van der Waals surface area contributed by atoms with Gasteiger partial charge in [0, 0.05) is 0 Å². The van der Waals surface area contributed by atoms with E-state index in [0.29, 0.717) is 0 Å². The molecule has 15 heavy (non-hydrogen) atoms. The molecule has 0 aliphatic heterocycles. The number of nitrogens with one attached hydrogen (secondary N) is 2. The van der Waals surface area contributed by atoms with Crippen LogP contribution in [-0.4, -0.2) is 22.2 Å². The average Bonchev–Trinajstić information content (AvgIpc) is 1.99. The molecule has 0 fully saturated rings. The average molecular weight is 218 g/mol. The van der Waals surface area contributed by atoms with E-state index in [0.717, 1.165) is 0 Å². The number of rotatable bonds is 2. The maximum atomic E-state index is 11.4. The van der Waals surface area contributed by atoms with E-state index in [1.165, 1.54) is 5.01 Å². The molecule has 0 saturated carbocycles. The summed E-state index contributed by atoms with van der Waals surface area (Å²) in [5.74, 6) is 5.07. The summed E-state index contributed by atoms with van der Waals surface area (Å²) in [5.41, 5.74) is 3.82. The summed E-state index contributed by atoms with van der Waals surface area (Å²) < 4.78 is 0. The third-order valence-electron chi connectivity index (χ3n) is 1.44. The molecule has 0 heterocycles. The summed E-state index contributed by atoms with van der Waals surface area (Å²) in [6.07, 6.45) is 0. The fraction of sp³-hybridized carbons (Fsp3) is 0.889. The van der Waals surface area contributed by atoms with E-state index in [1.807, 2.05) is 41.5 Å². The summed E-state index contributed by atoms with van der Waals surface area (Å²) in [5, 5.41) is 1.29. The normalized spacial score (nSPS) is 12.5. The summed E-state index contributed by atoms with van der Waals surface area (Å²) in [6.45, 7) is 11.2. The van der Waals surface area contributed by atoms with E-state index in [2.05, 4.69) is 11.0 Å². The van der Waals surface area contributed by atoms with E-state index in [1.54, 1.807) is 0 Å². The lowest BCUT2D eigenvalue weighted by Gasteiger charge is -2.36. The summed E-state index contributed by atoms with van der Waals surface area (Å²) in [6, 6.07) is -0.452. The number of urea groups is 1. The molecular formula is C9H22N4O2. The summed E-state index contributed by atoms with van der Waals surface area (Å²) in [7, 11) is 0. The second-order valence-electron chi connectivity index (χ2n) is 5.26. The van der Waals surface area contributed by atoms with Crippen molar-refractivity contribution in [3.05, 3.63) is 0 Å². The highest BCUT2D eigenvalue weighted by Crippen LogP contribution is 2.12. The number of amides is 2. The second kappa shape index (κ2) is 4.78. The minimum Gasteiger partial charge on any atom is -0.276 e. The van der Waals surface area contributed by atoms with Gasteiger partial charge in [-0.1, -0.05) is 0 Å². The molecule has 0 rings (SSSR count). The number of hydrazine groups is 2. The van der Waals surface area contributed by atoms with Gasteiger partial charge in [0.2, 0.25) is 0 Å². The number of nitrogens with zero attached hydrogens (tertiary/aromatic N) is 1. The van der Waals surface area contributed by atoms with Crippen LogP contribution in [-0.2, 0) is 4.84 Å². The molecule has 90 valence electrons. The number of nitrogens with two attached hydrogens (primary N) is 1. The molecule has 0 aliphatic rings. The van der Waals surface area contributed by atoms with Gasteiger partial charge in [-0.15, -0.1) is 5.59 Å². The highest BCUT2D eigenvalue weighted by atomic mass is 16.7. The van der Waals surface area contributed by atoms with Crippen LogP contribution in [0.2, 0.25) is 0 Å². The van der Waals surface area contributed by atoms with E-state index >= 15 is 0 Å². The highest BCUT2D eigenvalue weighted by molar-refractivity contribution is 5.73. The largest absolute Gasteiger partial charge is 0.348 e. The van der Waals surface area contributed by atoms with Gasteiger partial charge in [0.05, 0.1) is 11.1 Å². The monoisotopic (exact) mass is 218 g/mol. The Morgan fingerprint density at radius 2 is 1.67 bits per heavy atom. The lowest BCUT2D eigenvalue weighted by atomic mass is 10.1. The fourth-order valence-corrected chi connectivity index (χ4v) is 0.730. The minimum atomic E-state index is -0.452. The third kappa shape index (κ3) is 5.56. The van der Waals surface area contributed by atoms with Crippen molar-refractivity contribution in [3.63, 3.8) is 0 Å². The molecule has 0 saturated heterocycles. The van der Waals surface area contributed by atoms with Crippen molar-refractivity contribution in [3.8, 4) is 0 Å². The Morgan fingerprint density at radius 3 is 1.93 bits per heavy atom. The molecule has 2 amide bonds. The molecule has 0 aromatic carbocycles. The van der Waals surface area contributed by atoms with Crippen molar-refractivity contribution >= 4 is 6.03 Å². The smallest absolute Gasteiger partial charge is 0.276 e. The first kappa shape index (κ1) is 14.2. The zero-order chi connectivity index (χ0) is 12.3. The van der Waals surface area contributed by atoms with Gasteiger partial charge >= 0.3 is 6.03 Å². The van der Waals surface area contributed by atoms with Gasteiger partial charge in [0.15, 0.2) is 0 Å². The summed E-state index contributed by atoms with van der Waals surface area (Å²) in [4.78, 5) is 16.7. The topological polar surface area (TPSA) is 79.6 Å². The van der Waals surface area contributed by atoms with E-state index < -0.39 is 17.2 Å². The number of hydrogen-bond donors (Lipinski definition) is 3. The Balaban J connectivity index is 4.48. The van der Waals surface area contributed by atoms with Crippen molar-refractivity contribution in [1.82, 2.24) is 16.0 Å². The first-order valence-corrected chi connectivity index (χ1v) is 4.82. The number of carbonyl (C=O) groups is 1. The molecule has 6 heteroatoms. The molecule has 0 spiro atoms. The Kier molecular flexibility index (Phi) is 4.51. The zero-order valence-electron chi connectivity index (χ0n) is 10.3. The SMILES string of the molecule is CC(C)(C)ONN(C(=O)NN)C(C)(C)C. The van der Waals surface area contributed by atoms with Crippen LogP contribution < -0.4 is 16.9 Å². The van der Waals surface area contributed by atoms with Crippen molar-refractivity contribution in [2.45, 2.75) is 52.7 Å². The quantitative estimate of drug-likeness (QED) is 0.365. The number of carbonyl (C=O) groups excluding carboxylic acids is 1. The third-order valence-corrected chi connectivity index (χ3v) is 1.44. The molecular weight excluding hydrogens is 196 g/mol. The predicted molar refractivity (Wildman–Crippen MR) is 58.3 cm³/mol. The Morgan fingerprint density at radius 1 is 1.20 bits per heavy atom. The van der Waals surface area contributed by atoms with Gasteiger partial charge < -0.3 is 0 Å². The van der Waals surface area contributed by atoms with Crippen LogP contribution in [0.4, 0.5) is 4.79 Å². The lowest BCUT2D eigenvalue weighted by molar-refractivity contribution is -0.159. The van der Waals surface area contributed by atoms with Crippen molar-refractivity contribution in [2.75, 3.05) is 0 Å². The van der Waals surface area contributed by atoms with Crippen LogP contribution in [0.25, 0.3) is 0 Å². The molecule has 0 aromatic rings. The van der Waals surface area contributed by atoms with Gasteiger partial charge in [-0.25, -0.2) is 15.6 Å². The van der Waals surface area contributed by atoms with Gasteiger partial charge in [-0.3, -0.25) is 10.3 Å². The molecule has 6 nitrogen and oxygen atoms in total. The van der Waals surface area contributed by atoms with Crippen LogP contribution in [0.15, 0.2) is 0 Å². The zero-order valence-corrected chi connectivity index (χ0v) is 10.3. The highest BCUT2D eigenvalue weighted by Gasteiger charge is 2.27. The molecule has 0 radical (unpaired) electrons. The van der Waals surface area contributed by atoms with Crippen LogP contribution in [0.5, 0.6) is 0 Å². The van der Waals surface area contributed by atoms with Crippen LogP contribution in [0, 0.1) is 0 Å². The molecule has 0 unspecified atom stereocenters. The molecule has 0 aromatic heterocycles. The first-order chi connectivity index (χ1) is 6.58. The molecule has 0 bridgehead atoms. The van der Waals surface area contributed by atoms with Crippen molar-refractivity contribution in [2.24, 2.45) is 5.84 Å². The minimum absolute atomic E-state index is 0.390. The molecule has 0 atom stereocenters. The standard InChI is InChI=1S/C9H22N4O2/c1-8(2,3)13(7(14)11-10)12-15-9(4,5)6/h12H,10H2,1-6H3,(H,11,14). The van der Waals surface area contributed by atoms with E-state index in [4.69, 9.17) is 10.7 Å².